The minimum Gasteiger partial charge on any atom is -0.458 e. The van der Waals surface area contributed by atoms with Gasteiger partial charge in [0.1, 0.15) is 23.0 Å². The van der Waals surface area contributed by atoms with Crippen molar-refractivity contribution in [1.29, 1.82) is 0 Å². The number of fused-ring (bicyclic) bond motifs is 4. The minimum atomic E-state index is 0.0290. The van der Waals surface area contributed by atoms with Gasteiger partial charge >= 0.3 is 0 Å². The van der Waals surface area contributed by atoms with Crippen LogP contribution in [0.25, 0.3) is 27.8 Å². The van der Waals surface area contributed by atoms with Crippen molar-refractivity contribution >= 4 is 28.7 Å². The van der Waals surface area contributed by atoms with Gasteiger partial charge in [0.05, 0.1) is 0 Å². The number of para-hydroxylation sites is 1. The summed E-state index contributed by atoms with van der Waals surface area (Å²) in [4.78, 5) is 0. The highest BCUT2D eigenvalue weighted by atomic mass is 16.5. The molecular weight excluding hydrogens is 487 g/mol. The summed E-state index contributed by atoms with van der Waals surface area (Å²) in [6.07, 6.45) is 8.96. The molecule has 40 heavy (non-hydrogen) atoms. The quantitative estimate of drug-likeness (QED) is 0.224. The molecule has 3 aliphatic rings. The predicted molar refractivity (Wildman–Crippen MR) is 166 cm³/mol. The van der Waals surface area contributed by atoms with Crippen LogP contribution in [0.4, 0.5) is 0 Å². The van der Waals surface area contributed by atoms with Crippen molar-refractivity contribution in [1.82, 2.24) is 0 Å². The second-order valence-corrected chi connectivity index (χ2v) is 10.8. The molecule has 2 heterocycles. The maximum atomic E-state index is 6.86. The van der Waals surface area contributed by atoms with E-state index in [0.717, 1.165) is 58.0 Å². The molecule has 5 aromatic carbocycles. The van der Waals surface area contributed by atoms with Gasteiger partial charge in [0, 0.05) is 11.0 Å². The summed E-state index contributed by atoms with van der Waals surface area (Å²) in [5.41, 5.74) is 11.7. The molecule has 2 aliphatic heterocycles. The molecule has 0 saturated carbocycles. The summed E-state index contributed by atoms with van der Waals surface area (Å²) in [6, 6.07) is 36.6. The van der Waals surface area contributed by atoms with E-state index in [1.807, 2.05) is 0 Å². The third kappa shape index (κ3) is 3.66. The van der Waals surface area contributed by atoms with Crippen LogP contribution in [0.3, 0.4) is 0 Å². The molecule has 0 saturated heterocycles. The fourth-order valence-electron chi connectivity index (χ4n) is 6.42. The average Bonchev–Trinajstić information content (AvgIpc) is 3.01. The Morgan fingerprint density at radius 2 is 1.38 bits per heavy atom. The standard InChI is InChI=1S/C37H27BO2/c1-24-11-8-9-16-29(24)28-22-34-36-35(23-28)40-37-30(26-14-6-3-7-15-26)17-10-18-32(37)38(36)31-20-19-27(21-33(31)39-34)25-12-4-2-5-13-25/h2,4-6,8-23H,3,7H2,1H3. The van der Waals surface area contributed by atoms with E-state index < -0.39 is 0 Å². The molecule has 8 rings (SSSR count). The molecule has 3 heteroatoms. The van der Waals surface area contributed by atoms with Crippen LogP contribution in [0.2, 0.25) is 0 Å². The Labute approximate surface area is 235 Å². The maximum Gasteiger partial charge on any atom is 0.260 e. The Morgan fingerprint density at radius 3 is 2.20 bits per heavy atom. The van der Waals surface area contributed by atoms with E-state index in [1.165, 1.54) is 33.2 Å². The summed E-state index contributed by atoms with van der Waals surface area (Å²) in [7, 11) is 0. The number of aryl methyl sites for hydroxylation is 1. The van der Waals surface area contributed by atoms with Crippen molar-refractivity contribution in [3.8, 4) is 45.3 Å². The van der Waals surface area contributed by atoms with Crippen LogP contribution in [0.5, 0.6) is 23.0 Å². The lowest BCUT2D eigenvalue weighted by Crippen LogP contribution is -2.57. The van der Waals surface area contributed by atoms with E-state index in [1.54, 1.807) is 0 Å². The summed E-state index contributed by atoms with van der Waals surface area (Å²) < 4.78 is 13.6. The van der Waals surface area contributed by atoms with Crippen LogP contribution in [-0.2, 0) is 0 Å². The van der Waals surface area contributed by atoms with E-state index in [0.29, 0.717) is 0 Å². The largest absolute Gasteiger partial charge is 0.458 e. The summed E-state index contributed by atoms with van der Waals surface area (Å²) >= 11 is 0. The van der Waals surface area contributed by atoms with E-state index in [-0.39, 0.29) is 6.71 Å². The van der Waals surface area contributed by atoms with E-state index in [9.17, 15) is 0 Å². The molecule has 0 radical (unpaired) electrons. The van der Waals surface area contributed by atoms with Crippen molar-refractivity contribution < 1.29 is 9.47 Å². The first-order chi connectivity index (χ1) is 19.7. The van der Waals surface area contributed by atoms with E-state index >= 15 is 0 Å². The molecule has 0 aromatic heterocycles. The number of hydrogen-bond donors (Lipinski definition) is 0. The molecule has 0 bridgehead atoms. The highest BCUT2D eigenvalue weighted by Crippen LogP contribution is 2.42. The third-order valence-electron chi connectivity index (χ3n) is 8.37. The Balaban J connectivity index is 1.37. The van der Waals surface area contributed by atoms with Gasteiger partial charge < -0.3 is 9.47 Å². The number of benzene rings is 5. The first-order valence-corrected chi connectivity index (χ1v) is 14.0. The number of ether oxygens (including phenoxy) is 2. The van der Waals surface area contributed by atoms with Gasteiger partial charge in [-0.1, -0.05) is 103 Å². The molecule has 0 N–H and O–H groups in total. The Morgan fingerprint density at radius 1 is 0.600 bits per heavy atom. The van der Waals surface area contributed by atoms with Gasteiger partial charge in [-0.25, -0.2) is 0 Å². The van der Waals surface area contributed by atoms with Gasteiger partial charge in [-0.2, -0.15) is 0 Å². The number of rotatable bonds is 3. The lowest BCUT2D eigenvalue weighted by molar-refractivity contribution is 0.464. The van der Waals surface area contributed by atoms with Crippen LogP contribution in [0.15, 0.2) is 121 Å². The number of hydrogen-bond acceptors (Lipinski definition) is 2. The second kappa shape index (κ2) is 9.17. The van der Waals surface area contributed by atoms with E-state index in [2.05, 4.69) is 128 Å². The Hall–Kier alpha value is -4.76. The SMILES string of the molecule is Cc1ccccc1-c1cc2c3c(c1)Oc1c(cccc1C1=CCCC=C1)B3c1ccc(-c3ccccc3)cc1O2. The van der Waals surface area contributed by atoms with Crippen molar-refractivity contribution in [2.24, 2.45) is 0 Å². The summed E-state index contributed by atoms with van der Waals surface area (Å²) in [6.45, 7) is 2.18. The van der Waals surface area contributed by atoms with E-state index in [4.69, 9.17) is 9.47 Å². The maximum absolute atomic E-state index is 6.86. The molecule has 0 amide bonds. The smallest absolute Gasteiger partial charge is 0.260 e. The van der Waals surface area contributed by atoms with Gasteiger partial charge in [0.2, 0.25) is 0 Å². The Bertz CT molecular complexity index is 1870. The predicted octanol–water partition coefficient (Wildman–Crippen LogP) is 7.79. The van der Waals surface area contributed by atoms with Crippen LogP contribution < -0.4 is 25.9 Å². The van der Waals surface area contributed by atoms with Crippen LogP contribution in [0.1, 0.15) is 24.0 Å². The molecule has 5 aromatic rings. The highest BCUT2D eigenvalue weighted by Gasteiger charge is 2.41. The molecule has 0 fully saturated rings. The summed E-state index contributed by atoms with van der Waals surface area (Å²) in [5, 5.41) is 0. The van der Waals surface area contributed by atoms with Gasteiger partial charge in [-0.05, 0) is 82.3 Å². The second-order valence-electron chi connectivity index (χ2n) is 10.8. The zero-order valence-corrected chi connectivity index (χ0v) is 22.4. The summed E-state index contributed by atoms with van der Waals surface area (Å²) in [5.74, 6) is 3.60. The zero-order chi connectivity index (χ0) is 26.6. The van der Waals surface area contributed by atoms with Gasteiger partial charge in [-0.15, -0.1) is 0 Å². The van der Waals surface area contributed by atoms with Crippen LogP contribution in [-0.4, -0.2) is 6.71 Å². The lowest BCUT2D eigenvalue weighted by atomic mass is 9.34. The van der Waals surface area contributed by atoms with Crippen LogP contribution in [0, 0.1) is 6.92 Å². The van der Waals surface area contributed by atoms with Crippen molar-refractivity contribution in [2.75, 3.05) is 0 Å². The molecule has 0 atom stereocenters. The molecular formula is C37H27BO2. The molecule has 2 nitrogen and oxygen atoms in total. The third-order valence-corrected chi connectivity index (χ3v) is 8.37. The molecule has 1 aliphatic carbocycles. The molecule has 190 valence electrons. The Kier molecular flexibility index (Phi) is 5.31. The van der Waals surface area contributed by atoms with Crippen molar-refractivity contribution in [3.05, 3.63) is 132 Å². The first kappa shape index (κ1) is 23.2. The minimum absolute atomic E-state index is 0.0290. The molecule has 0 spiro atoms. The first-order valence-electron chi connectivity index (χ1n) is 14.0. The van der Waals surface area contributed by atoms with Crippen molar-refractivity contribution in [2.45, 2.75) is 19.8 Å². The average molecular weight is 514 g/mol. The van der Waals surface area contributed by atoms with Crippen LogP contribution >= 0.6 is 0 Å². The number of allylic oxidation sites excluding steroid dienone is 4. The fourth-order valence-corrected chi connectivity index (χ4v) is 6.42. The molecule has 0 unspecified atom stereocenters. The monoisotopic (exact) mass is 514 g/mol. The zero-order valence-electron chi connectivity index (χ0n) is 22.4. The van der Waals surface area contributed by atoms with Gasteiger partial charge in [0.15, 0.2) is 0 Å². The van der Waals surface area contributed by atoms with Crippen molar-refractivity contribution in [3.63, 3.8) is 0 Å². The van der Waals surface area contributed by atoms with Gasteiger partial charge in [0.25, 0.3) is 6.71 Å². The lowest BCUT2D eigenvalue weighted by Gasteiger charge is -2.34. The van der Waals surface area contributed by atoms with Gasteiger partial charge in [-0.3, -0.25) is 0 Å². The highest BCUT2D eigenvalue weighted by molar-refractivity contribution is 6.98. The normalized spacial score (nSPS) is 14.3. The topological polar surface area (TPSA) is 18.5 Å². The fraction of sp³-hybridized carbons (Fsp3) is 0.0811.